The smallest absolute Gasteiger partial charge is 0.316 e. The molecule has 3 rings (SSSR count). The minimum absolute atomic E-state index is 0.109. The monoisotopic (exact) mass is 613 g/mol. The number of halogens is 2. The second-order valence-corrected chi connectivity index (χ2v) is 13.8. The van der Waals surface area contributed by atoms with Crippen molar-refractivity contribution in [2.75, 3.05) is 6.54 Å². The maximum absolute atomic E-state index is 14.0. The van der Waals surface area contributed by atoms with Crippen LogP contribution in [0.1, 0.15) is 66.2 Å². The highest BCUT2D eigenvalue weighted by atomic mass is 35.5. The molecule has 3 aliphatic rings. The van der Waals surface area contributed by atoms with Gasteiger partial charge in [-0.2, -0.15) is 0 Å². The Kier molecular flexibility index (Phi) is 10.5. The molecule has 1 heterocycles. The fraction of sp³-hybridized carbons (Fsp3) is 0.714. The minimum atomic E-state index is -1.16. The molecule has 2 saturated carbocycles. The third-order valence-corrected chi connectivity index (χ3v) is 8.53. The number of primary amides is 1. The zero-order valence-corrected chi connectivity index (χ0v) is 25.5. The number of carbonyl (C=O) groups is 6. The molecule has 1 saturated heterocycles. The topological polar surface area (TPSA) is 168 Å². The highest BCUT2D eigenvalue weighted by Gasteiger charge is 2.49. The molecule has 1 aliphatic heterocycles. The number of urea groups is 1. The van der Waals surface area contributed by atoms with Gasteiger partial charge >= 0.3 is 6.03 Å². The van der Waals surface area contributed by atoms with Gasteiger partial charge in [-0.15, -0.1) is 23.2 Å². The summed E-state index contributed by atoms with van der Waals surface area (Å²) in [7, 11) is 0. The summed E-state index contributed by atoms with van der Waals surface area (Å²) in [6, 6.07) is -4.98. The number of nitrogens with two attached hydrogens (primary N) is 1. The number of nitrogens with one attached hydrogen (secondary N) is 3. The molecule has 5 atom stereocenters. The molecule has 11 nitrogen and oxygen atoms in total. The minimum Gasteiger partial charge on any atom is -0.363 e. The Labute approximate surface area is 250 Å². The van der Waals surface area contributed by atoms with Crippen LogP contribution in [-0.4, -0.2) is 75.8 Å². The van der Waals surface area contributed by atoms with Crippen LogP contribution in [0.3, 0.4) is 0 Å². The van der Waals surface area contributed by atoms with E-state index >= 15 is 0 Å². The van der Waals surface area contributed by atoms with E-state index in [1.165, 1.54) is 4.90 Å². The van der Waals surface area contributed by atoms with Crippen LogP contribution in [0.2, 0.25) is 0 Å². The van der Waals surface area contributed by atoms with E-state index in [0.29, 0.717) is 12.0 Å². The molecule has 5 amide bonds. The van der Waals surface area contributed by atoms with Gasteiger partial charge in [0, 0.05) is 18.4 Å². The summed E-state index contributed by atoms with van der Waals surface area (Å²) in [4.78, 5) is 77.7. The van der Waals surface area contributed by atoms with Gasteiger partial charge < -0.3 is 26.6 Å². The van der Waals surface area contributed by atoms with E-state index in [0.717, 1.165) is 25.7 Å². The molecular weight excluding hydrogens is 573 g/mol. The van der Waals surface area contributed by atoms with Gasteiger partial charge in [-0.05, 0) is 43.9 Å². The van der Waals surface area contributed by atoms with Crippen molar-refractivity contribution in [3.8, 4) is 0 Å². The number of Topliss-reactive ketones (excluding diaryl/α,β-unsaturated/α-hetero) is 2. The van der Waals surface area contributed by atoms with E-state index in [9.17, 15) is 28.8 Å². The molecule has 0 aromatic rings. The number of likely N-dealkylation sites (tertiary alicyclic amines) is 1. The van der Waals surface area contributed by atoms with Crippen molar-refractivity contribution in [3.63, 3.8) is 0 Å². The average molecular weight is 615 g/mol. The number of hydrogen-bond donors (Lipinski definition) is 4. The first kappa shape index (κ1) is 32.8. The van der Waals surface area contributed by atoms with E-state index < -0.39 is 69.9 Å². The molecule has 41 heavy (non-hydrogen) atoms. The lowest BCUT2D eigenvalue weighted by molar-refractivity contribution is -0.144. The Balaban J connectivity index is 1.81. The van der Waals surface area contributed by atoms with Crippen LogP contribution in [0.15, 0.2) is 12.2 Å². The largest absolute Gasteiger partial charge is 0.363 e. The summed E-state index contributed by atoms with van der Waals surface area (Å²) in [5.74, 6) is -4.00. The van der Waals surface area contributed by atoms with Crippen LogP contribution < -0.4 is 21.7 Å². The van der Waals surface area contributed by atoms with E-state index in [1.54, 1.807) is 27.7 Å². The molecule has 0 aromatic carbocycles. The average Bonchev–Trinajstić information content (AvgIpc) is 3.81. The fourth-order valence-corrected chi connectivity index (χ4v) is 5.70. The van der Waals surface area contributed by atoms with E-state index in [1.807, 2.05) is 0 Å². The summed E-state index contributed by atoms with van der Waals surface area (Å²) in [5, 5.41) is 7.96. The van der Waals surface area contributed by atoms with Crippen LogP contribution >= 0.6 is 23.2 Å². The molecule has 13 heteroatoms. The second kappa shape index (κ2) is 13.1. The van der Waals surface area contributed by atoms with Crippen LogP contribution in [0.25, 0.3) is 0 Å². The molecular formula is C28H41Cl2N5O6. The Morgan fingerprint density at radius 2 is 1.59 bits per heavy atom. The Hall–Kier alpha value is -2.66. The predicted octanol–water partition coefficient (Wildman–Crippen LogP) is 1.98. The van der Waals surface area contributed by atoms with Gasteiger partial charge in [0.25, 0.3) is 5.91 Å². The molecule has 2 aliphatic carbocycles. The number of ketones is 2. The number of alkyl halides is 2. The van der Waals surface area contributed by atoms with E-state index in [4.69, 9.17) is 28.9 Å². The molecule has 0 bridgehead atoms. The van der Waals surface area contributed by atoms with Gasteiger partial charge in [0.1, 0.15) is 23.0 Å². The molecule has 228 valence electrons. The number of amides is 5. The maximum atomic E-state index is 14.0. The first-order valence-electron chi connectivity index (χ1n) is 14.0. The molecule has 0 aromatic heterocycles. The van der Waals surface area contributed by atoms with Crippen molar-refractivity contribution in [1.29, 1.82) is 0 Å². The number of hydrogen-bond acceptors (Lipinski definition) is 6. The van der Waals surface area contributed by atoms with Gasteiger partial charge in [-0.3, -0.25) is 24.0 Å². The Morgan fingerprint density at radius 1 is 0.976 bits per heavy atom. The van der Waals surface area contributed by atoms with Crippen molar-refractivity contribution in [2.24, 2.45) is 28.9 Å². The first-order chi connectivity index (χ1) is 19.0. The van der Waals surface area contributed by atoms with Gasteiger partial charge in [-0.25, -0.2) is 4.79 Å². The zero-order valence-electron chi connectivity index (χ0n) is 24.0. The lowest BCUT2D eigenvalue weighted by atomic mass is 9.85. The van der Waals surface area contributed by atoms with Crippen LogP contribution in [0.5, 0.6) is 0 Å². The lowest BCUT2D eigenvalue weighted by Crippen LogP contribution is -2.61. The van der Waals surface area contributed by atoms with Gasteiger partial charge in [0.05, 0.1) is 6.04 Å². The van der Waals surface area contributed by atoms with Crippen molar-refractivity contribution in [1.82, 2.24) is 20.9 Å². The summed E-state index contributed by atoms with van der Waals surface area (Å²) in [5.41, 5.74) is 4.90. The third-order valence-electron chi connectivity index (χ3n) is 7.88. The summed E-state index contributed by atoms with van der Waals surface area (Å²) < 4.78 is 0. The van der Waals surface area contributed by atoms with Crippen LogP contribution in [0, 0.1) is 23.2 Å². The normalized spacial score (nSPS) is 22.9. The fourth-order valence-electron chi connectivity index (χ4n) is 5.17. The van der Waals surface area contributed by atoms with Crippen molar-refractivity contribution in [3.05, 3.63) is 12.2 Å². The van der Waals surface area contributed by atoms with Gasteiger partial charge in [0.2, 0.25) is 17.6 Å². The maximum Gasteiger partial charge on any atom is 0.316 e. The Bertz CT molecular complexity index is 1100. The summed E-state index contributed by atoms with van der Waals surface area (Å²) in [6.07, 6.45) is 3.85. The summed E-state index contributed by atoms with van der Waals surface area (Å²) >= 11 is 12.4. The quantitative estimate of drug-likeness (QED) is 0.141. The molecule has 5 N–H and O–H groups in total. The van der Waals surface area contributed by atoms with E-state index in [-0.39, 0.29) is 30.6 Å². The second-order valence-electron chi connectivity index (χ2n) is 12.6. The van der Waals surface area contributed by atoms with Crippen molar-refractivity contribution in [2.45, 2.75) is 95.2 Å². The molecule has 3 fully saturated rings. The lowest BCUT2D eigenvalue weighted by Gasteiger charge is -2.37. The van der Waals surface area contributed by atoms with Crippen molar-refractivity contribution < 1.29 is 28.8 Å². The number of nitrogens with zero attached hydrogens (tertiary/aromatic N) is 1. The molecule has 2 unspecified atom stereocenters. The number of rotatable bonds is 13. The molecule has 0 radical (unpaired) electrons. The zero-order chi connectivity index (χ0) is 30.8. The first-order valence-corrected chi connectivity index (χ1v) is 14.9. The number of carbonyl (C=O) groups excluding carboxylic acids is 6. The van der Waals surface area contributed by atoms with Gasteiger partial charge in [-0.1, -0.05) is 45.8 Å². The van der Waals surface area contributed by atoms with Crippen molar-refractivity contribution >= 4 is 58.5 Å². The SMILES string of the molecule is C=C(C)[C@H](NC(=O)N[C@H](C(=O)N1CCC(C(Cl)Cl)[C@H]1C(=O)NC(CC1CC1)C(=O)C(N)=O)C(C)(C)C)C(=O)C1CC1. The van der Waals surface area contributed by atoms with Gasteiger partial charge in [0.15, 0.2) is 5.78 Å². The Morgan fingerprint density at radius 3 is 2.05 bits per heavy atom. The van der Waals surface area contributed by atoms with Crippen LogP contribution in [-0.2, 0) is 24.0 Å². The molecule has 0 spiro atoms. The highest BCUT2D eigenvalue weighted by Crippen LogP contribution is 2.36. The van der Waals surface area contributed by atoms with Crippen LogP contribution in [0.4, 0.5) is 4.79 Å². The predicted molar refractivity (Wildman–Crippen MR) is 154 cm³/mol. The standard InChI is InChI=1S/C28H41Cl2N5O6/c1-13(2)18(20(36)15-8-9-15)33-27(41)34-22(28(3,4)5)26(40)35-11-10-16(23(29)30)19(35)25(39)32-17(12-14-6-7-14)21(37)24(31)38/h14-19,22-23H,1,6-12H2,2-5H3,(H2,31,38)(H,32,39)(H2,33,34,41)/t16?,17?,18-,19-,22+/m0/s1. The summed E-state index contributed by atoms with van der Waals surface area (Å²) in [6.45, 7) is 10.9. The van der Waals surface area contributed by atoms with E-state index in [2.05, 4.69) is 22.5 Å². The third kappa shape index (κ3) is 8.44. The highest BCUT2D eigenvalue weighted by molar-refractivity contribution is 6.44.